The number of anilines is 2. The van der Waals surface area contributed by atoms with Crippen molar-refractivity contribution in [3.8, 4) is 0 Å². The van der Waals surface area contributed by atoms with Crippen molar-refractivity contribution in [2.45, 2.75) is 25.4 Å². The minimum atomic E-state index is -0.256. The molecule has 0 amide bonds. The first-order valence-electron chi connectivity index (χ1n) is 6.76. The monoisotopic (exact) mass is 272 g/mol. The topological polar surface area (TPSA) is 41.1 Å². The fourth-order valence-electron chi connectivity index (χ4n) is 2.00. The second-order valence-electron chi connectivity index (χ2n) is 5.06. The number of hydrogen-bond acceptors (Lipinski definition) is 4. The highest BCUT2D eigenvalue weighted by Gasteiger charge is 2.20. The summed E-state index contributed by atoms with van der Waals surface area (Å²) in [5.41, 5.74) is 1.66. The maximum absolute atomic E-state index is 13.3. The van der Waals surface area contributed by atoms with Gasteiger partial charge >= 0.3 is 0 Å². The van der Waals surface area contributed by atoms with Gasteiger partial charge in [-0.25, -0.2) is 9.37 Å². The molecule has 0 saturated heterocycles. The van der Waals surface area contributed by atoms with E-state index in [2.05, 4.69) is 15.3 Å². The molecule has 4 nitrogen and oxygen atoms in total. The van der Waals surface area contributed by atoms with Crippen LogP contribution in [0.1, 0.15) is 18.5 Å². The molecule has 1 N–H and O–H groups in total. The lowest BCUT2D eigenvalue weighted by Crippen LogP contribution is -2.18. The minimum absolute atomic E-state index is 0.256. The highest BCUT2D eigenvalue weighted by molar-refractivity contribution is 5.58. The van der Waals surface area contributed by atoms with Crippen LogP contribution >= 0.6 is 0 Å². The molecule has 1 fully saturated rings. The van der Waals surface area contributed by atoms with Gasteiger partial charge in [-0.3, -0.25) is 4.98 Å². The summed E-state index contributed by atoms with van der Waals surface area (Å²) in [5, 5.41) is 3.41. The first-order valence-corrected chi connectivity index (χ1v) is 6.76. The second-order valence-corrected chi connectivity index (χ2v) is 5.06. The number of rotatable bonds is 5. The summed E-state index contributed by atoms with van der Waals surface area (Å²) >= 11 is 0. The lowest BCUT2D eigenvalue weighted by atomic mass is 10.3. The fraction of sp³-hybridized carbons (Fsp3) is 0.333. The predicted octanol–water partition coefficient (Wildman–Crippen LogP) is 2.64. The molecule has 1 aliphatic carbocycles. The van der Waals surface area contributed by atoms with Crippen molar-refractivity contribution in [2.24, 2.45) is 0 Å². The molecule has 3 rings (SSSR count). The van der Waals surface area contributed by atoms with Crippen LogP contribution in [0.3, 0.4) is 0 Å². The van der Waals surface area contributed by atoms with Crippen molar-refractivity contribution in [1.82, 2.24) is 15.3 Å². The molecular formula is C15H17FN4. The van der Waals surface area contributed by atoms with Crippen LogP contribution in [0.5, 0.6) is 0 Å². The SMILES string of the molecule is CN(c1cccc(F)c1)c1cncc(CNC2CC2)n1. The standard InChI is InChI=1S/C15H17FN4/c1-20(14-4-2-3-11(16)7-14)15-10-17-8-13(19-15)9-18-12-5-6-12/h2-4,7-8,10,12,18H,5-6,9H2,1H3. The van der Waals surface area contributed by atoms with Gasteiger partial charge in [0.05, 0.1) is 11.9 Å². The molecule has 1 aliphatic rings. The zero-order valence-electron chi connectivity index (χ0n) is 11.4. The number of halogens is 1. The van der Waals surface area contributed by atoms with Gasteiger partial charge in [-0.1, -0.05) is 6.07 Å². The number of benzene rings is 1. The van der Waals surface area contributed by atoms with E-state index >= 15 is 0 Å². The third-order valence-electron chi connectivity index (χ3n) is 3.36. The molecule has 1 aromatic heterocycles. The average Bonchev–Trinajstić information content (AvgIpc) is 3.29. The molecule has 0 unspecified atom stereocenters. The van der Waals surface area contributed by atoms with Gasteiger partial charge in [-0.05, 0) is 31.0 Å². The van der Waals surface area contributed by atoms with E-state index in [4.69, 9.17) is 0 Å². The Labute approximate surface area is 117 Å². The number of aromatic nitrogens is 2. The van der Waals surface area contributed by atoms with E-state index in [9.17, 15) is 4.39 Å². The summed E-state index contributed by atoms with van der Waals surface area (Å²) in [5.74, 6) is 0.458. The van der Waals surface area contributed by atoms with Crippen LogP contribution < -0.4 is 10.2 Å². The van der Waals surface area contributed by atoms with Crippen LogP contribution in [0.4, 0.5) is 15.9 Å². The van der Waals surface area contributed by atoms with E-state index in [0.717, 1.165) is 17.9 Å². The largest absolute Gasteiger partial charge is 0.328 e. The van der Waals surface area contributed by atoms with E-state index in [-0.39, 0.29) is 5.82 Å². The molecule has 20 heavy (non-hydrogen) atoms. The maximum atomic E-state index is 13.3. The van der Waals surface area contributed by atoms with Crippen molar-refractivity contribution < 1.29 is 4.39 Å². The Bertz CT molecular complexity index is 598. The fourth-order valence-corrected chi connectivity index (χ4v) is 2.00. The van der Waals surface area contributed by atoms with Crippen molar-refractivity contribution in [3.05, 3.63) is 48.2 Å². The van der Waals surface area contributed by atoms with E-state index in [1.54, 1.807) is 18.5 Å². The molecule has 104 valence electrons. The van der Waals surface area contributed by atoms with Gasteiger partial charge in [0.2, 0.25) is 0 Å². The Morgan fingerprint density at radius 1 is 1.35 bits per heavy atom. The van der Waals surface area contributed by atoms with Gasteiger partial charge in [0.1, 0.15) is 5.82 Å². The van der Waals surface area contributed by atoms with E-state index in [1.807, 2.05) is 18.0 Å². The van der Waals surface area contributed by atoms with Gasteiger partial charge < -0.3 is 10.2 Å². The zero-order valence-corrected chi connectivity index (χ0v) is 11.4. The first kappa shape index (κ1) is 13.0. The lowest BCUT2D eigenvalue weighted by Gasteiger charge is -2.18. The Morgan fingerprint density at radius 2 is 2.20 bits per heavy atom. The van der Waals surface area contributed by atoms with Crippen molar-refractivity contribution in [1.29, 1.82) is 0 Å². The average molecular weight is 272 g/mol. The Balaban J connectivity index is 1.76. The summed E-state index contributed by atoms with van der Waals surface area (Å²) in [6, 6.07) is 7.09. The third kappa shape index (κ3) is 3.11. The van der Waals surface area contributed by atoms with Crippen LogP contribution in [0.25, 0.3) is 0 Å². The second kappa shape index (κ2) is 5.54. The summed E-state index contributed by atoms with van der Waals surface area (Å²) < 4.78 is 13.3. The lowest BCUT2D eigenvalue weighted by molar-refractivity contribution is 0.628. The van der Waals surface area contributed by atoms with Crippen LogP contribution in [0.2, 0.25) is 0 Å². The third-order valence-corrected chi connectivity index (χ3v) is 3.36. The Kier molecular flexibility index (Phi) is 3.60. The Hall–Kier alpha value is -2.01. The van der Waals surface area contributed by atoms with Crippen LogP contribution in [0, 0.1) is 5.82 Å². The molecular weight excluding hydrogens is 255 g/mol. The quantitative estimate of drug-likeness (QED) is 0.908. The number of nitrogens with zero attached hydrogens (tertiary/aromatic N) is 3. The van der Waals surface area contributed by atoms with Gasteiger partial charge in [0.15, 0.2) is 5.82 Å². The molecule has 0 bridgehead atoms. The highest BCUT2D eigenvalue weighted by Crippen LogP contribution is 2.22. The first-order chi connectivity index (χ1) is 9.72. The molecule has 2 aromatic rings. The predicted molar refractivity (Wildman–Crippen MR) is 76.4 cm³/mol. The van der Waals surface area contributed by atoms with E-state index < -0.39 is 0 Å². The van der Waals surface area contributed by atoms with Gasteiger partial charge in [-0.2, -0.15) is 0 Å². The normalized spacial score (nSPS) is 14.3. The zero-order chi connectivity index (χ0) is 13.9. The van der Waals surface area contributed by atoms with Crippen LogP contribution in [-0.2, 0) is 6.54 Å². The summed E-state index contributed by atoms with van der Waals surface area (Å²) in [4.78, 5) is 10.6. The molecule has 0 spiro atoms. The van der Waals surface area contributed by atoms with Crippen molar-refractivity contribution in [3.63, 3.8) is 0 Å². The molecule has 1 aromatic carbocycles. The smallest absolute Gasteiger partial charge is 0.151 e. The molecule has 1 saturated carbocycles. The summed E-state index contributed by atoms with van der Waals surface area (Å²) in [7, 11) is 1.86. The van der Waals surface area contributed by atoms with Crippen LogP contribution in [0.15, 0.2) is 36.7 Å². The van der Waals surface area contributed by atoms with Crippen LogP contribution in [-0.4, -0.2) is 23.1 Å². The van der Waals surface area contributed by atoms with E-state index in [0.29, 0.717) is 11.9 Å². The highest BCUT2D eigenvalue weighted by atomic mass is 19.1. The van der Waals surface area contributed by atoms with Gasteiger partial charge in [0, 0.05) is 31.5 Å². The summed E-state index contributed by atoms with van der Waals surface area (Å²) in [6.45, 7) is 0.725. The Morgan fingerprint density at radius 3 is 2.95 bits per heavy atom. The number of nitrogens with one attached hydrogen (secondary N) is 1. The van der Waals surface area contributed by atoms with E-state index in [1.165, 1.54) is 25.0 Å². The molecule has 0 aliphatic heterocycles. The number of hydrogen-bond donors (Lipinski definition) is 1. The van der Waals surface area contributed by atoms with Crippen molar-refractivity contribution >= 4 is 11.5 Å². The van der Waals surface area contributed by atoms with Gasteiger partial charge in [-0.15, -0.1) is 0 Å². The molecule has 5 heteroatoms. The maximum Gasteiger partial charge on any atom is 0.151 e. The molecule has 0 atom stereocenters. The van der Waals surface area contributed by atoms with Gasteiger partial charge in [0.25, 0.3) is 0 Å². The van der Waals surface area contributed by atoms with Crippen molar-refractivity contribution in [2.75, 3.05) is 11.9 Å². The minimum Gasteiger partial charge on any atom is -0.328 e. The summed E-state index contributed by atoms with van der Waals surface area (Å²) in [6.07, 6.45) is 5.94. The molecule has 1 heterocycles. The molecule has 0 radical (unpaired) electrons.